The molecular formula is C24H21FIN3O3. The molecule has 1 N–H and O–H groups in total. The number of hydrogen-bond acceptors (Lipinski definition) is 4. The summed E-state index contributed by atoms with van der Waals surface area (Å²) < 4.78 is 20.4. The molecule has 0 aliphatic carbocycles. The van der Waals surface area contributed by atoms with E-state index in [9.17, 15) is 14.0 Å². The minimum absolute atomic E-state index is 0.129. The van der Waals surface area contributed by atoms with Gasteiger partial charge in [0, 0.05) is 37.8 Å². The highest BCUT2D eigenvalue weighted by atomic mass is 127. The highest BCUT2D eigenvalue weighted by Crippen LogP contribution is 2.21. The van der Waals surface area contributed by atoms with Crippen LogP contribution in [-0.4, -0.2) is 42.9 Å². The Bertz CT molecular complexity index is 1140. The summed E-state index contributed by atoms with van der Waals surface area (Å²) >= 11 is 2.04. The van der Waals surface area contributed by atoms with E-state index in [-0.39, 0.29) is 23.3 Å². The highest BCUT2D eigenvalue weighted by Gasteiger charge is 2.26. The van der Waals surface area contributed by atoms with E-state index in [0.717, 1.165) is 0 Å². The molecule has 2 amide bonds. The average Bonchev–Trinajstić information content (AvgIpc) is 3.23. The van der Waals surface area contributed by atoms with Crippen LogP contribution in [0.1, 0.15) is 16.1 Å². The molecule has 2 aromatic carbocycles. The third kappa shape index (κ3) is 5.18. The maximum Gasteiger partial charge on any atom is 0.270 e. The number of benzene rings is 2. The number of carbonyl (C=O) groups excluding carboxylic acids is 2. The van der Waals surface area contributed by atoms with Crippen molar-refractivity contribution in [1.82, 2.24) is 10.2 Å². The number of nitrogens with zero attached hydrogens (tertiary/aromatic N) is 2. The van der Waals surface area contributed by atoms with Crippen molar-refractivity contribution >= 4 is 46.2 Å². The lowest BCUT2D eigenvalue weighted by molar-refractivity contribution is -0.127. The molecule has 0 bridgehead atoms. The zero-order valence-electron chi connectivity index (χ0n) is 17.1. The van der Waals surface area contributed by atoms with Crippen LogP contribution in [0.5, 0.6) is 0 Å². The zero-order valence-corrected chi connectivity index (χ0v) is 19.3. The van der Waals surface area contributed by atoms with Gasteiger partial charge in [0.1, 0.15) is 17.3 Å². The zero-order chi connectivity index (χ0) is 22.5. The van der Waals surface area contributed by atoms with E-state index in [4.69, 9.17) is 4.42 Å². The number of anilines is 1. The van der Waals surface area contributed by atoms with Gasteiger partial charge in [0.2, 0.25) is 0 Å². The molecule has 1 aliphatic rings. The molecule has 0 saturated carbocycles. The predicted octanol–water partition coefficient (Wildman–Crippen LogP) is 4.14. The van der Waals surface area contributed by atoms with Crippen LogP contribution < -0.4 is 10.2 Å². The van der Waals surface area contributed by atoms with Gasteiger partial charge in [-0.05, 0) is 59.0 Å². The maximum atomic E-state index is 14.1. The van der Waals surface area contributed by atoms with Gasteiger partial charge >= 0.3 is 0 Å². The van der Waals surface area contributed by atoms with Crippen molar-refractivity contribution < 1.29 is 18.4 Å². The first kappa shape index (κ1) is 22.1. The summed E-state index contributed by atoms with van der Waals surface area (Å²) in [5, 5.41) is 2.74. The van der Waals surface area contributed by atoms with Crippen molar-refractivity contribution in [2.75, 3.05) is 31.1 Å². The number of para-hydroxylation sites is 1. The van der Waals surface area contributed by atoms with Gasteiger partial charge in [-0.3, -0.25) is 9.59 Å². The van der Waals surface area contributed by atoms with Crippen LogP contribution >= 0.6 is 22.6 Å². The Balaban J connectivity index is 1.51. The van der Waals surface area contributed by atoms with Gasteiger partial charge in [-0.15, -0.1) is 0 Å². The highest BCUT2D eigenvalue weighted by molar-refractivity contribution is 14.1. The number of carbonyl (C=O) groups is 2. The molecule has 0 unspecified atom stereocenters. The molecule has 3 aromatic rings. The van der Waals surface area contributed by atoms with Crippen molar-refractivity contribution in [3.05, 3.63) is 93.3 Å². The molecule has 1 aromatic heterocycles. The van der Waals surface area contributed by atoms with Crippen LogP contribution in [0.2, 0.25) is 0 Å². The molecule has 1 aliphatic heterocycles. The van der Waals surface area contributed by atoms with E-state index in [1.54, 1.807) is 59.5 Å². The maximum absolute atomic E-state index is 14.1. The van der Waals surface area contributed by atoms with Gasteiger partial charge in [0.15, 0.2) is 3.77 Å². The van der Waals surface area contributed by atoms with Gasteiger partial charge in [-0.1, -0.05) is 30.3 Å². The second-order valence-electron chi connectivity index (χ2n) is 7.25. The third-order valence-electron chi connectivity index (χ3n) is 5.16. The third-order valence-corrected chi connectivity index (χ3v) is 5.73. The molecular weight excluding hydrogens is 524 g/mol. The lowest BCUT2D eigenvalue weighted by Gasteiger charge is -2.36. The fraction of sp³-hybridized carbons (Fsp3) is 0.167. The minimum Gasteiger partial charge on any atom is -0.451 e. The van der Waals surface area contributed by atoms with E-state index < -0.39 is 0 Å². The topological polar surface area (TPSA) is 65.8 Å². The van der Waals surface area contributed by atoms with Gasteiger partial charge in [-0.25, -0.2) is 4.39 Å². The quantitative estimate of drug-likeness (QED) is 0.387. The van der Waals surface area contributed by atoms with Crippen LogP contribution in [0, 0.1) is 9.58 Å². The van der Waals surface area contributed by atoms with Gasteiger partial charge in [0.05, 0.1) is 5.69 Å². The summed E-state index contributed by atoms with van der Waals surface area (Å²) in [6.45, 7) is 1.79. The second kappa shape index (κ2) is 9.99. The monoisotopic (exact) mass is 545 g/mol. The van der Waals surface area contributed by atoms with E-state index in [1.165, 1.54) is 12.1 Å². The van der Waals surface area contributed by atoms with Crippen LogP contribution in [0.15, 0.2) is 76.8 Å². The molecule has 32 heavy (non-hydrogen) atoms. The Morgan fingerprint density at radius 3 is 2.28 bits per heavy atom. The predicted molar refractivity (Wildman–Crippen MR) is 129 cm³/mol. The molecule has 0 atom stereocenters. The molecule has 4 rings (SSSR count). The summed E-state index contributed by atoms with van der Waals surface area (Å²) in [7, 11) is 0. The first-order valence-electron chi connectivity index (χ1n) is 10.1. The van der Waals surface area contributed by atoms with Crippen molar-refractivity contribution in [2.45, 2.75) is 0 Å². The number of halogens is 2. The molecule has 164 valence electrons. The van der Waals surface area contributed by atoms with Crippen LogP contribution in [0.4, 0.5) is 10.1 Å². The molecule has 0 radical (unpaired) electrons. The minimum atomic E-state index is -0.378. The van der Waals surface area contributed by atoms with Crippen molar-refractivity contribution in [3.63, 3.8) is 0 Å². The van der Waals surface area contributed by atoms with Crippen LogP contribution in [0.25, 0.3) is 6.08 Å². The smallest absolute Gasteiger partial charge is 0.270 e. The lowest BCUT2D eigenvalue weighted by Crippen LogP contribution is -2.50. The Hall–Kier alpha value is -3.14. The molecule has 8 heteroatoms. The van der Waals surface area contributed by atoms with Crippen molar-refractivity contribution in [3.8, 4) is 0 Å². The van der Waals surface area contributed by atoms with Crippen molar-refractivity contribution in [1.29, 1.82) is 0 Å². The molecule has 2 heterocycles. The number of hydrogen-bond donors (Lipinski definition) is 1. The second-order valence-corrected chi connectivity index (χ2v) is 8.31. The number of amides is 2. The summed E-state index contributed by atoms with van der Waals surface area (Å²) in [4.78, 5) is 29.6. The fourth-order valence-electron chi connectivity index (χ4n) is 3.51. The first-order valence-corrected chi connectivity index (χ1v) is 11.2. The Kier molecular flexibility index (Phi) is 6.89. The average molecular weight is 545 g/mol. The van der Waals surface area contributed by atoms with Crippen molar-refractivity contribution in [2.24, 2.45) is 0 Å². The van der Waals surface area contributed by atoms with E-state index in [1.807, 2.05) is 33.6 Å². The molecule has 0 spiro atoms. The van der Waals surface area contributed by atoms with Gasteiger partial charge in [-0.2, -0.15) is 0 Å². The summed E-state index contributed by atoms with van der Waals surface area (Å²) in [6, 6.07) is 18.8. The van der Waals surface area contributed by atoms with Crippen LogP contribution in [0.3, 0.4) is 0 Å². The fourth-order valence-corrected chi connectivity index (χ4v) is 3.95. The van der Waals surface area contributed by atoms with E-state index in [2.05, 4.69) is 5.32 Å². The number of rotatable bonds is 5. The van der Waals surface area contributed by atoms with E-state index in [0.29, 0.717) is 47.0 Å². The Morgan fingerprint density at radius 2 is 1.62 bits per heavy atom. The molecule has 1 saturated heterocycles. The first-order chi connectivity index (χ1) is 15.5. The summed E-state index contributed by atoms with van der Waals surface area (Å²) in [5.41, 5.74) is 1.10. The van der Waals surface area contributed by atoms with Gasteiger partial charge in [0.25, 0.3) is 11.8 Å². The van der Waals surface area contributed by atoms with Crippen LogP contribution in [-0.2, 0) is 4.79 Å². The summed E-state index contributed by atoms with van der Waals surface area (Å²) in [6.07, 6.45) is 1.54. The SMILES string of the molecule is O=C(N/C(=C/c1ccc(I)o1)C(=O)N1CCN(c2ccccc2F)CC1)c1ccccc1. The number of nitrogens with one attached hydrogen (secondary N) is 1. The molecule has 1 fully saturated rings. The largest absolute Gasteiger partial charge is 0.451 e. The van der Waals surface area contributed by atoms with Gasteiger partial charge < -0.3 is 19.5 Å². The Labute approximate surface area is 198 Å². The standard InChI is InChI=1S/C24H21FIN3O3/c25-19-8-4-5-9-21(19)28-12-14-29(15-13-28)24(31)20(16-18-10-11-22(26)32-18)27-23(30)17-6-2-1-3-7-17/h1-11,16H,12-15H2,(H,27,30)/b20-16+. The normalized spacial score (nSPS) is 14.4. The Morgan fingerprint density at radius 1 is 0.938 bits per heavy atom. The van der Waals surface area contributed by atoms with E-state index >= 15 is 0 Å². The lowest BCUT2D eigenvalue weighted by atomic mass is 10.2. The number of furan rings is 1. The number of piperazine rings is 1. The summed E-state index contributed by atoms with van der Waals surface area (Å²) in [5.74, 6) is -0.503. The molecule has 6 nitrogen and oxygen atoms in total.